The van der Waals surface area contributed by atoms with Crippen molar-refractivity contribution < 1.29 is 39.2 Å². The largest absolute Gasteiger partial charge is 0.459 e. The highest BCUT2D eigenvalue weighted by atomic mass is 32.2. The minimum atomic E-state index is -5.93. The van der Waals surface area contributed by atoms with E-state index in [9.17, 15) is 39.2 Å². The van der Waals surface area contributed by atoms with Gasteiger partial charge in [0.15, 0.2) is 15.7 Å². The Kier molecular flexibility index (Phi) is 6.31. The number of halogens is 7. The van der Waals surface area contributed by atoms with E-state index < -0.39 is 57.4 Å². The molecule has 0 spiro atoms. The van der Waals surface area contributed by atoms with Gasteiger partial charge in [0.05, 0.1) is 22.3 Å². The van der Waals surface area contributed by atoms with Crippen molar-refractivity contribution in [3.63, 3.8) is 0 Å². The zero-order valence-electron chi connectivity index (χ0n) is 18.3. The van der Waals surface area contributed by atoms with Crippen LogP contribution in [0.15, 0.2) is 70.8 Å². The Bertz CT molecular complexity index is 1440. The minimum Gasteiger partial charge on any atom is -0.255 e. The Morgan fingerprint density at radius 2 is 1.69 bits per heavy atom. The Hall–Kier alpha value is -3.48. The summed E-state index contributed by atoms with van der Waals surface area (Å²) in [5.74, 6) is -7.45. The molecule has 36 heavy (non-hydrogen) atoms. The van der Waals surface area contributed by atoms with Crippen LogP contribution >= 0.6 is 0 Å². The summed E-state index contributed by atoms with van der Waals surface area (Å²) in [6, 6.07) is 9.52. The lowest BCUT2D eigenvalue weighted by atomic mass is 9.96. The van der Waals surface area contributed by atoms with Gasteiger partial charge in [-0.05, 0) is 35.9 Å². The van der Waals surface area contributed by atoms with E-state index in [-0.39, 0.29) is 10.5 Å². The van der Waals surface area contributed by atoms with Crippen LogP contribution in [0.2, 0.25) is 0 Å². The van der Waals surface area contributed by atoms with Gasteiger partial charge in [-0.1, -0.05) is 18.2 Å². The number of anilines is 1. The van der Waals surface area contributed by atoms with Gasteiger partial charge in [-0.2, -0.15) is 27.1 Å². The first-order valence-electron chi connectivity index (χ1n) is 10.2. The van der Waals surface area contributed by atoms with Gasteiger partial charge >= 0.3 is 12.1 Å². The maximum Gasteiger partial charge on any atom is 0.459 e. The minimum absolute atomic E-state index is 0.0384. The fourth-order valence-electron chi connectivity index (χ4n) is 3.69. The molecule has 5 nitrogen and oxygen atoms in total. The van der Waals surface area contributed by atoms with Crippen LogP contribution in [0, 0.1) is 11.6 Å². The smallest absolute Gasteiger partial charge is 0.255 e. The number of aromatic nitrogens is 1. The predicted octanol–water partition coefficient (Wildman–Crippen LogP) is 5.94. The van der Waals surface area contributed by atoms with Gasteiger partial charge in [0.2, 0.25) is 0 Å². The number of hydrazone groups is 1. The molecule has 3 aromatic rings. The Labute approximate surface area is 200 Å². The van der Waals surface area contributed by atoms with Crippen LogP contribution in [-0.4, -0.2) is 37.5 Å². The lowest BCUT2D eigenvalue weighted by molar-refractivity contribution is -0.249. The highest BCUT2D eigenvalue weighted by Crippen LogP contribution is 2.45. The molecule has 0 saturated carbocycles. The molecule has 1 aliphatic heterocycles. The molecule has 13 heteroatoms. The molecular formula is C23H16F7N3O2S. The summed E-state index contributed by atoms with van der Waals surface area (Å²) in [5, 5.41) is 4.09. The topological polar surface area (TPSA) is 62.6 Å². The number of benzene rings is 2. The highest BCUT2D eigenvalue weighted by Gasteiger charge is 2.63. The number of alkyl halides is 5. The summed E-state index contributed by atoms with van der Waals surface area (Å²) in [4.78, 5) is 4.04. The summed E-state index contributed by atoms with van der Waals surface area (Å²) in [7, 11) is -3.51. The van der Waals surface area contributed by atoms with Crippen molar-refractivity contribution in [1.29, 1.82) is 0 Å². The van der Waals surface area contributed by atoms with Crippen LogP contribution in [0.3, 0.4) is 0 Å². The molecule has 1 aromatic heterocycles. The number of hydrogen-bond donors (Lipinski definition) is 0. The van der Waals surface area contributed by atoms with Gasteiger partial charge < -0.3 is 0 Å². The summed E-state index contributed by atoms with van der Waals surface area (Å²) < 4.78 is 119. The van der Waals surface area contributed by atoms with Crippen molar-refractivity contribution in [1.82, 2.24) is 4.98 Å². The first-order chi connectivity index (χ1) is 16.7. The second kappa shape index (κ2) is 8.87. The zero-order valence-corrected chi connectivity index (χ0v) is 19.1. The standard InChI is InChI=1S/C23H16F7N3O2S/c1-36(34,35)16-6-7-18(31-12-16)13-3-2-4-14(9-13)20-11-21(22(26,27)23(28,29)30)32-33(20)19-8-5-15(24)10-17(19)25/h2-10,12,20H,11H2,1H3. The fourth-order valence-corrected chi connectivity index (χ4v) is 4.25. The van der Waals surface area contributed by atoms with Gasteiger partial charge in [0.1, 0.15) is 11.5 Å². The van der Waals surface area contributed by atoms with Gasteiger partial charge in [0.25, 0.3) is 0 Å². The molecular weight excluding hydrogens is 515 g/mol. The third-order valence-electron chi connectivity index (χ3n) is 5.52. The molecule has 190 valence electrons. The lowest BCUT2D eigenvalue weighted by Crippen LogP contribution is -2.43. The molecule has 4 rings (SSSR count). The van der Waals surface area contributed by atoms with E-state index in [0.29, 0.717) is 22.3 Å². The fraction of sp³-hybridized carbons (Fsp3) is 0.217. The van der Waals surface area contributed by atoms with Crippen LogP contribution in [0.4, 0.5) is 36.4 Å². The molecule has 0 radical (unpaired) electrons. The molecule has 0 fully saturated rings. The van der Waals surface area contributed by atoms with E-state index in [1.807, 2.05) is 0 Å². The van der Waals surface area contributed by atoms with E-state index in [4.69, 9.17) is 0 Å². The number of pyridine rings is 1. The Morgan fingerprint density at radius 3 is 2.28 bits per heavy atom. The van der Waals surface area contributed by atoms with Crippen molar-refractivity contribution in [2.24, 2.45) is 5.10 Å². The van der Waals surface area contributed by atoms with E-state index >= 15 is 0 Å². The molecule has 1 unspecified atom stereocenters. The maximum atomic E-state index is 14.5. The molecule has 0 N–H and O–H groups in total. The van der Waals surface area contributed by atoms with E-state index in [1.165, 1.54) is 30.3 Å². The van der Waals surface area contributed by atoms with Crippen LogP contribution < -0.4 is 5.01 Å². The number of nitrogens with zero attached hydrogens (tertiary/aromatic N) is 3. The highest BCUT2D eigenvalue weighted by molar-refractivity contribution is 7.90. The molecule has 0 bridgehead atoms. The molecule has 2 heterocycles. The SMILES string of the molecule is CS(=O)(=O)c1ccc(-c2cccc(C3CC(C(F)(F)C(F)(F)F)=NN3c3ccc(F)cc3F)c2)nc1. The van der Waals surface area contributed by atoms with Crippen molar-refractivity contribution in [2.75, 3.05) is 11.3 Å². The number of sulfone groups is 1. The first-order valence-corrected chi connectivity index (χ1v) is 12.1. The predicted molar refractivity (Wildman–Crippen MR) is 117 cm³/mol. The first kappa shape index (κ1) is 25.6. The summed E-state index contributed by atoms with van der Waals surface area (Å²) in [6.45, 7) is 0. The number of hydrogen-bond acceptors (Lipinski definition) is 5. The van der Waals surface area contributed by atoms with Crippen LogP contribution in [0.5, 0.6) is 0 Å². The molecule has 0 aliphatic carbocycles. The van der Waals surface area contributed by atoms with Gasteiger partial charge in [0, 0.05) is 30.5 Å². The molecule has 0 saturated heterocycles. The van der Waals surface area contributed by atoms with Crippen molar-refractivity contribution >= 4 is 21.2 Å². The summed E-state index contributed by atoms with van der Waals surface area (Å²) >= 11 is 0. The lowest BCUT2D eigenvalue weighted by Gasteiger charge is -2.24. The second-order valence-corrected chi connectivity index (χ2v) is 10.1. The Balaban J connectivity index is 1.77. The normalized spacial score (nSPS) is 16.8. The molecule has 1 aliphatic rings. The van der Waals surface area contributed by atoms with E-state index in [0.717, 1.165) is 24.6 Å². The average molecular weight is 531 g/mol. The third-order valence-corrected chi connectivity index (χ3v) is 6.61. The van der Waals surface area contributed by atoms with Gasteiger partial charge in [-0.15, -0.1) is 0 Å². The number of rotatable bonds is 5. The van der Waals surface area contributed by atoms with Gasteiger partial charge in [-0.3, -0.25) is 9.99 Å². The second-order valence-electron chi connectivity index (χ2n) is 8.06. The summed E-state index contributed by atoms with van der Waals surface area (Å²) in [6.07, 6.45) is -4.70. The van der Waals surface area contributed by atoms with Crippen molar-refractivity contribution in [3.8, 4) is 11.3 Å². The maximum absolute atomic E-state index is 14.5. The third kappa shape index (κ3) is 4.79. The van der Waals surface area contributed by atoms with Crippen LogP contribution in [0.1, 0.15) is 18.0 Å². The van der Waals surface area contributed by atoms with Crippen molar-refractivity contribution in [3.05, 3.63) is 78.0 Å². The Morgan fingerprint density at radius 1 is 0.972 bits per heavy atom. The molecule has 1 atom stereocenters. The zero-order chi connectivity index (χ0) is 26.5. The average Bonchev–Trinajstić information content (AvgIpc) is 3.24. The van der Waals surface area contributed by atoms with Crippen LogP contribution in [-0.2, 0) is 9.84 Å². The molecule has 0 amide bonds. The van der Waals surface area contributed by atoms with E-state index in [1.54, 1.807) is 6.07 Å². The van der Waals surface area contributed by atoms with Gasteiger partial charge in [-0.25, -0.2) is 17.2 Å². The van der Waals surface area contributed by atoms with E-state index in [2.05, 4.69) is 10.1 Å². The summed E-state index contributed by atoms with van der Waals surface area (Å²) in [5.41, 5.74) is -1.13. The monoisotopic (exact) mass is 531 g/mol. The quantitative estimate of drug-likeness (QED) is 0.383. The molecule has 2 aromatic carbocycles. The van der Waals surface area contributed by atoms with Crippen molar-refractivity contribution in [2.45, 2.75) is 29.5 Å². The van der Waals surface area contributed by atoms with Crippen LogP contribution in [0.25, 0.3) is 11.3 Å².